The number of carbonyl (C=O) groups excluding carboxylic acids is 1. The van der Waals surface area contributed by atoms with Gasteiger partial charge in [-0.1, -0.05) is 339 Å². The highest BCUT2D eigenvalue weighted by molar-refractivity contribution is 5.76. The molecule has 0 aliphatic carbocycles. The lowest BCUT2D eigenvalue weighted by molar-refractivity contribution is -0.379. The van der Waals surface area contributed by atoms with Crippen LogP contribution in [0.2, 0.25) is 0 Å². The van der Waals surface area contributed by atoms with Gasteiger partial charge in [-0.05, 0) is 44.9 Å². The average molecular weight is 1460 g/mol. The van der Waals surface area contributed by atoms with Crippen LogP contribution in [0.4, 0.5) is 0 Å². The molecule has 12 N–H and O–H groups in total. The zero-order valence-corrected chi connectivity index (χ0v) is 64.4. The standard InChI is InChI=1S/C83H155NO18/c1-3-5-7-9-11-13-15-17-19-21-22-23-24-25-26-27-28-29-30-31-32-33-34-35-36-37-38-39-40-41-42-43-44-45-47-49-51-53-55-57-59-61-71(89)84-66(67(88)60-58-56-54-52-50-48-46-20-18-16-14-12-10-8-6-4-2)65-97-81-77(95)74(92)79(69(63-86)99-81)102-83-78(96)75(93)80(70(64-87)100-83)101-82-76(94)73(91)72(90)68(62-85)98-82/h18,20,50,52,58,60,66-70,72-83,85-88,90-96H,3-17,19,21-49,51,53-57,59,61-65H2,1-2H3,(H,84,89)/b20-18+,52-50+,60-58+. The van der Waals surface area contributed by atoms with Crippen LogP contribution >= 0.6 is 0 Å². The molecule has 3 heterocycles. The molecule has 19 nitrogen and oxygen atoms in total. The van der Waals surface area contributed by atoms with Gasteiger partial charge < -0.3 is 89.9 Å². The minimum atomic E-state index is -1.98. The molecule has 0 aromatic carbocycles. The largest absolute Gasteiger partial charge is 0.394 e. The number of nitrogens with one attached hydrogen (secondary N) is 1. The molecule has 3 rings (SSSR count). The van der Waals surface area contributed by atoms with Gasteiger partial charge in [-0.3, -0.25) is 4.79 Å². The van der Waals surface area contributed by atoms with Crippen LogP contribution in [0.5, 0.6) is 0 Å². The zero-order chi connectivity index (χ0) is 73.9. The predicted octanol–water partition coefficient (Wildman–Crippen LogP) is 14.7. The van der Waals surface area contributed by atoms with Crippen LogP contribution in [0.25, 0.3) is 0 Å². The van der Waals surface area contributed by atoms with Gasteiger partial charge in [0.1, 0.15) is 73.2 Å². The Balaban J connectivity index is 1.27. The van der Waals surface area contributed by atoms with Crippen molar-refractivity contribution >= 4 is 5.91 Å². The van der Waals surface area contributed by atoms with Crippen molar-refractivity contribution in [1.82, 2.24) is 5.32 Å². The van der Waals surface area contributed by atoms with E-state index in [-0.39, 0.29) is 18.9 Å². The number of aliphatic hydroxyl groups is 11. The van der Waals surface area contributed by atoms with E-state index in [0.29, 0.717) is 12.8 Å². The van der Waals surface area contributed by atoms with Gasteiger partial charge in [0.25, 0.3) is 0 Å². The first-order valence-electron chi connectivity index (χ1n) is 42.2. The molecular formula is C83H155NO18. The number of allylic oxidation sites excluding steroid dienone is 5. The summed E-state index contributed by atoms with van der Waals surface area (Å²) in [6.07, 6.45) is 53.3. The molecule has 0 bridgehead atoms. The van der Waals surface area contributed by atoms with Crippen molar-refractivity contribution in [3.8, 4) is 0 Å². The van der Waals surface area contributed by atoms with Crippen LogP contribution in [-0.4, -0.2) is 193 Å². The molecule has 0 aromatic rings. The SMILES string of the molecule is CCCCCCCC/C=C/CC/C=C/CC/C=C/C(O)C(COC1OC(CO)C(OC2OC(CO)C(OC3OC(CO)C(O)C(O)C3O)C(O)C2O)C(O)C1O)NC(=O)CCCCCCCCCCCCCCCCCCCCCCCCCCCCCCCCCCCCCCCCCCC. The second-order valence-electron chi connectivity index (χ2n) is 30.3. The number of hydrogen-bond acceptors (Lipinski definition) is 18. The highest BCUT2D eigenvalue weighted by atomic mass is 16.8. The van der Waals surface area contributed by atoms with E-state index >= 15 is 0 Å². The van der Waals surface area contributed by atoms with E-state index in [0.717, 1.165) is 44.9 Å². The number of carbonyl (C=O) groups is 1. The summed E-state index contributed by atoms with van der Waals surface area (Å²) in [7, 11) is 0. The summed E-state index contributed by atoms with van der Waals surface area (Å²) in [6.45, 7) is 1.74. The summed E-state index contributed by atoms with van der Waals surface area (Å²) >= 11 is 0. The molecule has 17 unspecified atom stereocenters. The lowest BCUT2D eigenvalue weighted by atomic mass is 9.96. The second-order valence-corrected chi connectivity index (χ2v) is 30.3. The fraction of sp³-hybridized carbons (Fsp3) is 0.916. The summed E-state index contributed by atoms with van der Waals surface area (Å²) in [4.78, 5) is 13.4. The van der Waals surface area contributed by atoms with E-state index in [1.807, 2.05) is 6.08 Å². The third kappa shape index (κ3) is 43.3. The molecular weight excluding hydrogens is 1300 g/mol. The summed E-state index contributed by atoms with van der Waals surface area (Å²) < 4.78 is 34.4. The van der Waals surface area contributed by atoms with Gasteiger partial charge in [0.2, 0.25) is 5.91 Å². The topological polar surface area (TPSA) is 307 Å². The van der Waals surface area contributed by atoms with E-state index in [1.54, 1.807) is 6.08 Å². The Morgan fingerprint density at radius 1 is 0.343 bits per heavy atom. The molecule has 1 amide bonds. The van der Waals surface area contributed by atoms with Crippen molar-refractivity contribution < 1.29 is 89.4 Å². The smallest absolute Gasteiger partial charge is 0.220 e. The van der Waals surface area contributed by atoms with Gasteiger partial charge in [-0.15, -0.1) is 0 Å². The van der Waals surface area contributed by atoms with Gasteiger partial charge in [0.15, 0.2) is 18.9 Å². The van der Waals surface area contributed by atoms with E-state index in [9.17, 15) is 61.0 Å². The van der Waals surface area contributed by atoms with Crippen LogP contribution in [0.3, 0.4) is 0 Å². The molecule has 0 aromatic heterocycles. The third-order valence-electron chi connectivity index (χ3n) is 21.2. The van der Waals surface area contributed by atoms with Gasteiger partial charge in [0, 0.05) is 6.42 Å². The maximum atomic E-state index is 13.4. The average Bonchev–Trinajstić information content (AvgIpc) is 0.781. The van der Waals surface area contributed by atoms with Crippen LogP contribution in [-0.2, 0) is 33.2 Å². The minimum absolute atomic E-state index is 0.236. The number of hydrogen-bond donors (Lipinski definition) is 12. The molecule has 102 heavy (non-hydrogen) atoms. The molecule has 3 saturated heterocycles. The molecule has 17 atom stereocenters. The van der Waals surface area contributed by atoms with Gasteiger partial charge >= 0.3 is 0 Å². The maximum Gasteiger partial charge on any atom is 0.220 e. The Hall–Kier alpha value is -1.99. The van der Waals surface area contributed by atoms with Crippen LogP contribution in [0, 0.1) is 0 Å². The van der Waals surface area contributed by atoms with Crippen molar-refractivity contribution in [2.45, 2.75) is 458 Å². The monoisotopic (exact) mass is 1450 g/mol. The van der Waals surface area contributed by atoms with E-state index in [4.69, 9.17) is 28.4 Å². The molecule has 3 aliphatic heterocycles. The summed E-state index contributed by atoms with van der Waals surface area (Å²) in [5.41, 5.74) is 0. The number of ether oxygens (including phenoxy) is 6. The first kappa shape index (κ1) is 94.2. The highest BCUT2D eigenvalue weighted by Crippen LogP contribution is 2.33. The first-order valence-corrected chi connectivity index (χ1v) is 42.2. The fourth-order valence-electron chi connectivity index (χ4n) is 14.4. The van der Waals surface area contributed by atoms with Crippen molar-refractivity contribution in [2.75, 3.05) is 26.4 Å². The summed E-state index contributed by atoms with van der Waals surface area (Å²) in [5, 5.41) is 121. The quantitative estimate of drug-likeness (QED) is 0.0199. The Bertz CT molecular complexity index is 1980. The van der Waals surface area contributed by atoms with Gasteiger partial charge in [-0.25, -0.2) is 0 Å². The van der Waals surface area contributed by atoms with E-state index in [1.165, 1.54) is 276 Å². The molecule has 3 aliphatic rings. The number of rotatable bonds is 68. The van der Waals surface area contributed by atoms with Crippen molar-refractivity contribution in [3.63, 3.8) is 0 Å². The summed E-state index contributed by atoms with van der Waals surface area (Å²) in [5.74, 6) is -0.283. The maximum absolute atomic E-state index is 13.4. The Morgan fingerprint density at radius 3 is 0.980 bits per heavy atom. The predicted molar refractivity (Wildman–Crippen MR) is 406 cm³/mol. The van der Waals surface area contributed by atoms with E-state index in [2.05, 4.69) is 43.5 Å². The van der Waals surface area contributed by atoms with Crippen LogP contribution < -0.4 is 5.32 Å². The van der Waals surface area contributed by atoms with Crippen molar-refractivity contribution in [2.24, 2.45) is 0 Å². The lowest BCUT2D eigenvalue weighted by Gasteiger charge is -2.48. The Kier molecular flexibility index (Phi) is 59.0. The van der Waals surface area contributed by atoms with Gasteiger partial charge in [0.05, 0.1) is 38.6 Å². The highest BCUT2D eigenvalue weighted by Gasteiger charge is 2.54. The normalized spacial score (nSPS) is 26.3. The summed E-state index contributed by atoms with van der Waals surface area (Å²) in [6, 6.07) is -0.995. The third-order valence-corrected chi connectivity index (χ3v) is 21.2. The molecule has 600 valence electrons. The lowest BCUT2D eigenvalue weighted by Crippen LogP contribution is -2.66. The molecule has 0 saturated carbocycles. The molecule has 0 radical (unpaired) electrons. The Morgan fingerprint density at radius 2 is 0.627 bits per heavy atom. The van der Waals surface area contributed by atoms with Crippen molar-refractivity contribution in [3.05, 3.63) is 36.5 Å². The zero-order valence-electron chi connectivity index (χ0n) is 64.4. The number of aliphatic hydroxyl groups excluding tert-OH is 11. The second kappa shape index (κ2) is 63.9. The van der Waals surface area contributed by atoms with Gasteiger partial charge in [-0.2, -0.15) is 0 Å². The van der Waals surface area contributed by atoms with E-state index < -0.39 is 124 Å². The number of amides is 1. The molecule has 0 spiro atoms. The first-order chi connectivity index (χ1) is 49.8. The Labute approximate surface area is 619 Å². The van der Waals surface area contributed by atoms with Crippen molar-refractivity contribution in [1.29, 1.82) is 0 Å². The minimum Gasteiger partial charge on any atom is -0.394 e. The molecule has 19 heteroatoms. The fourth-order valence-corrected chi connectivity index (χ4v) is 14.4. The molecule has 3 fully saturated rings. The van der Waals surface area contributed by atoms with Crippen LogP contribution in [0.1, 0.15) is 354 Å². The van der Waals surface area contributed by atoms with Crippen LogP contribution in [0.15, 0.2) is 36.5 Å². The number of unbranched alkanes of at least 4 members (excludes halogenated alkanes) is 48.